The van der Waals surface area contributed by atoms with E-state index in [1.54, 1.807) is 19.9 Å². The summed E-state index contributed by atoms with van der Waals surface area (Å²) in [5.41, 5.74) is 1.17. The molecule has 0 saturated heterocycles. The highest BCUT2D eigenvalue weighted by Gasteiger charge is 2.36. The first-order chi connectivity index (χ1) is 16.6. The molecule has 35 heavy (non-hydrogen) atoms. The van der Waals surface area contributed by atoms with Crippen molar-refractivity contribution in [2.24, 2.45) is 5.92 Å². The van der Waals surface area contributed by atoms with Crippen LogP contribution >= 0.6 is 11.3 Å². The van der Waals surface area contributed by atoms with Gasteiger partial charge in [-0.05, 0) is 50.0 Å². The molecule has 2 rings (SSSR count). The third-order valence-electron chi connectivity index (χ3n) is 6.09. The van der Waals surface area contributed by atoms with Crippen LogP contribution in [0.3, 0.4) is 0 Å². The molecule has 0 bridgehead atoms. The highest BCUT2D eigenvalue weighted by atomic mass is 32.1. The van der Waals surface area contributed by atoms with Crippen molar-refractivity contribution in [2.75, 3.05) is 31.6 Å². The predicted octanol–water partition coefficient (Wildman–Crippen LogP) is 5.11. The van der Waals surface area contributed by atoms with Crippen LogP contribution in [0.5, 0.6) is 0 Å². The van der Waals surface area contributed by atoms with E-state index in [0.29, 0.717) is 29.8 Å². The quantitative estimate of drug-likeness (QED) is 0.226. The van der Waals surface area contributed by atoms with Crippen molar-refractivity contribution in [2.45, 2.75) is 53.4 Å². The lowest BCUT2D eigenvalue weighted by Crippen LogP contribution is -2.45. The van der Waals surface area contributed by atoms with Crippen molar-refractivity contribution in [3.05, 3.63) is 45.9 Å². The number of nitrogens with zero attached hydrogens (tertiary/aromatic N) is 3. The van der Waals surface area contributed by atoms with Crippen molar-refractivity contribution >= 4 is 40.2 Å². The highest BCUT2D eigenvalue weighted by Crippen LogP contribution is 2.32. The Kier molecular flexibility index (Phi) is 10.5. The summed E-state index contributed by atoms with van der Waals surface area (Å²) in [5, 5.41) is 10.6. The van der Waals surface area contributed by atoms with E-state index in [0.717, 1.165) is 35.6 Å². The Morgan fingerprint density at radius 1 is 1.31 bits per heavy atom. The maximum atomic E-state index is 13.4. The fourth-order valence-electron chi connectivity index (χ4n) is 3.75. The zero-order valence-corrected chi connectivity index (χ0v) is 22.2. The van der Waals surface area contributed by atoms with Gasteiger partial charge in [-0.2, -0.15) is 5.26 Å². The topological polar surface area (TPSA) is 90.7 Å². The van der Waals surface area contributed by atoms with Gasteiger partial charge >= 0.3 is 5.97 Å². The maximum Gasteiger partial charge on any atom is 0.333 e. The molecule has 0 aromatic carbocycles. The first-order valence-corrected chi connectivity index (χ1v) is 12.8. The molecule has 0 saturated carbocycles. The average Bonchev–Trinajstić information content (AvgIpc) is 3.30. The van der Waals surface area contributed by atoms with Crippen LogP contribution in [0.15, 0.2) is 41.0 Å². The van der Waals surface area contributed by atoms with E-state index in [-0.39, 0.29) is 24.0 Å². The molecule has 2 amide bonds. The van der Waals surface area contributed by atoms with Crippen molar-refractivity contribution in [3.63, 3.8) is 0 Å². The molecule has 8 heteroatoms. The summed E-state index contributed by atoms with van der Waals surface area (Å²) >= 11 is 1.47. The fourth-order valence-corrected chi connectivity index (χ4v) is 4.68. The number of carbonyl (C=O) groups is 3. The number of esters is 1. The fraction of sp³-hybridized carbons (Fsp3) is 0.481. The number of unbranched alkanes of at least 4 members (excludes halogenated alkanes) is 1. The molecule has 188 valence electrons. The molecule has 0 radical (unpaired) electrons. The molecule has 1 aromatic rings. The standard InChI is InChI=1S/C27H35N3O4S/c1-7-9-10-20(8-2)17-30-25(31)22(19(5)23(16-28)26(30)32)15-21-11-12-24(35-21)29(6)13-14-34-27(33)18(3)4/h11-12,15,20H,3,7-10,13-14,17H2,1-2,4-6H3/b22-15+. The Balaban J connectivity index is 2.24. The number of carbonyl (C=O) groups excluding carboxylic acids is 3. The third-order valence-corrected chi connectivity index (χ3v) is 7.24. The average molecular weight is 498 g/mol. The Morgan fingerprint density at radius 3 is 2.63 bits per heavy atom. The number of imide groups is 1. The summed E-state index contributed by atoms with van der Waals surface area (Å²) < 4.78 is 5.16. The van der Waals surface area contributed by atoms with E-state index < -0.39 is 11.9 Å². The molecule has 1 aliphatic heterocycles. The summed E-state index contributed by atoms with van der Waals surface area (Å²) in [6.07, 6.45) is 5.65. The van der Waals surface area contributed by atoms with Gasteiger partial charge in [-0.1, -0.05) is 39.7 Å². The van der Waals surface area contributed by atoms with Gasteiger partial charge in [-0.3, -0.25) is 14.5 Å². The summed E-state index contributed by atoms with van der Waals surface area (Å²) in [6, 6.07) is 5.83. The molecule has 1 atom stereocenters. The first-order valence-electron chi connectivity index (χ1n) is 12.0. The van der Waals surface area contributed by atoms with E-state index in [1.807, 2.05) is 30.1 Å². The summed E-state index contributed by atoms with van der Waals surface area (Å²) in [6.45, 7) is 12.1. The number of anilines is 1. The SMILES string of the molecule is C=C(C)C(=O)OCCN(C)c1ccc(/C=C2/C(=O)N(CC(CC)CCCC)C(=O)C(C#N)=C2C)s1. The minimum absolute atomic E-state index is 0.0226. The molecule has 0 aliphatic carbocycles. The van der Waals surface area contributed by atoms with E-state index >= 15 is 0 Å². The monoisotopic (exact) mass is 497 g/mol. The van der Waals surface area contributed by atoms with Crippen LogP contribution in [0.2, 0.25) is 0 Å². The lowest BCUT2D eigenvalue weighted by molar-refractivity contribution is -0.141. The predicted molar refractivity (Wildman–Crippen MR) is 140 cm³/mol. The number of ether oxygens (including phenoxy) is 1. The number of hydrogen-bond acceptors (Lipinski definition) is 7. The molecule has 0 spiro atoms. The van der Waals surface area contributed by atoms with Gasteiger partial charge in [0.2, 0.25) is 0 Å². The summed E-state index contributed by atoms with van der Waals surface area (Å²) in [7, 11) is 1.89. The van der Waals surface area contributed by atoms with Gasteiger partial charge in [0.05, 0.1) is 11.5 Å². The Hall–Kier alpha value is -3.18. The first kappa shape index (κ1) is 28.1. The van der Waals surface area contributed by atoms with Gasteiger partial charge in [0.15, 0.2) is 0 Å². The van der Waals surface area contributed by atoms with Gasteiger partial charge in [0.1, 0.15) is 18.2 Å². The van der Waals surface area contributed by atoms with Crippen LogP contribution in [0, 0.1) is 17.2 Å². The number of rotatable bonds is 12. The van der Waals surface area contributed by atoms with E-state index in [2.05, 4.69) is 20.4 Å². The zero-order chi connectivity index (χ0) is 26.1. The number of hydrogen-bond donors (Lipinski definition) is 0. The molecule has 0 fully saturated rings. The van der Waals surface area contributed by atoms with Crippen LogP contribution in [0.4, 0.5) is 5.00 Å². The molecule has 7 nitrogen and oxygen atoms in total. The molecule has 1 aliphatic rings. The second kappa shape index (κ2) is 13.1. The number of amides is 2. The molecular weight excluding hydrogens is 462 g/mol. The lowest BCUT2D eigenvalue weighted by Gasteiger charge is -2.30. The second-order valence-corrected chi connectivity index (χ2v) is 9.91. The van der Waals surface area contributed by atoms with Gasteiger partial charge in [0, 0.05) is 29.6 Å². The van der Waals surface area contributed by atoms with Gasteiger partial charge < -0.3 is 9.64 Å². The number of thiophene rings is 1. The molecule has 2 heterocycles. The number of likely N-dealkylation sites (N-methyl/N-ethyl adjacent to an activating group) is 1. The third kappa shape index (κ3) is 7.15. The van der Waals surface area contributed by atoms with Crippen LogP contribution in [-0.2, 0) is 19.1 Å². The minimum atomic E-state index is -0.502. The Bertz CT molecular complexity index is 1080. The normalized spacial score (nSPS) is 15.9. The van der Waals surface area contributed by atoms with Crippen molar-refractivity contribution in [3.8, 4) is 6.07 Å². The van der Waals surface area contributed by atoms with Gasteiger partial charge in [-0.15, -0.1) is 11.3 Å². The molecule has 1 unspecified atom stereocenters. The van der Waals surface area contributed by atoms with Gasteiger partial charge in [0.25, 0.3) is 11.8 Å². The Labute approximate surface area is 212 Å². The second-order valence-electron chi connectivity index (χ2n) is 8.82. The van der Waals surface area contributed by atoms with Crippen LogP contribution in [0.25, 0.3) is 6.08 Å². The molecular formula is C27H35N3O4S. The zero-order valence-electron chi connectivity index (χ0n) is 21.3. The van der Waals surface area contributed by atoms with Crippen molar-refractivity contribution < 1.29 is 19.1 Å². The highest BCUT2D eigenvalue weighted by molar-refractivity contribution is 7.16. The molecule has 0 N–H and O–H groups in total. The van der Waals surface area contributed by atoms with E-state index in [4.69, 9.17) is 4.74 Å². The molecule has 1 aromatic heterocycles. The maximum absolute atomic E-state index is 13.4. The lowest BCUT2D eigenvalue weighted by atomic mass is 9.92. The van der Waals surface area contributed by atoms with Crippen LogP contribution in [0.1, 0.15) is 58.3 Å². The van der Waals surface area contributed by atoms with Crippen LogP contribution in [-0.4, -0.2) is 49.4 Å². The number of nitriles is 1. The largest absolute Gasteiger partial charge is 0.460 e. The van der Waals surface area contributed by atoms with E-state index in [1.165, 1.54) is 16.2 Å². The smallest absolute Gasteiger partial charge is 0.333 e. The summed E-state index contributed by atoms with van der Waals surface area (Å²) in [5.74, 6) is -1.06. The van der Waals surface area contributed by atoms with Crippen LogP contribution < -0.4 is 4.90 Å². The van der Waals surface area contributed by atoms with Crippen molar-refractivity contribution in [1.82, 2.24) is 4.90 Å². The Morgan fingerprint density at radius 2 is 2.03 bits per heavy atom. The van der Waals surface area contributed by atoms with Gasteiger partial charge in [-0.25, -0.2) is 4.79 Å². The summed E-state index contributed by atoms with van der Waals surface area (Å²) in [4.78, 5) is 41.9. The minimum Gasteiger partial charge on any atom is -0.460 e. The van der Waals surface area contributed by atoms with Crippen molar-refractivity contribution in [1.29, 1.82) is 5.26 Å². The van der Waals surface area contributed by atoms with E-state index in [9.17, 15) is 19.6 Å².